The van der Waals surface area contributed by atoms with Crippen LogP contribution in [0.4, 0.5) is 0 Å². The summed E-state index contributed by atoms with van der Waals surface area (Å²) in [7, 11) is -2.21. The number of hydrogen-bond donors (Lipinski definition) is 1. The topological polar surface area (TPSA) is 69.4 Å². The highest BCUT2D eigenvalue weighted by Gasteiger charge is 2.10. The van der Waals surface area contributed by atoms with Crippen LogP contribution >= 0.6 is 12.6 Å². The minimum atomic E-state index is -3.67. The summed E-state index contributed by atoms with van der Waals surface area (Å²) >= 11 is 4.86. The lowest BCUT2D eigenvalue weighted by molar-refractivity contribution is 0.404. The van der Waals surface area contributed by atoms with Gasteiger partial charge in [-0.3, -0.25) is 0 Å². The van der Waals surface area contributed by atoms with E-state index in [0.717, 1.165) is 0 Å². The van der Waals surface area contributed by atoms with Gasteiger partial charge in [0.2, 0.25) is 10.0 Å². The number of nitrogens with two attached hydrogens (primary N) is 1. The van der Waals surface area contributed by atoms with E-state index in [-0.39, 0.29) is 4.90 Å². The molecule has 0 amide bonds. The molecule has 0 aliphatic heterocycles. The van der Waals surface area contributed by atoms with Gasteiger partial charge < -0.3 is 4.74 Å². The highest BCUT2D eigenvalue weighted by molar-refractivity contribution is 7.89. The molecule has 0 saturated heterocycles. The molecular weight excluding hydrogens is 210 g/mol. The van der Waals surface area contributed by atoms with Crippen LogP contribution in [0.2, 0.25) is 0 Å². The van der Waals surface area contributed by atoms with Crippen molar-refractivity contribution in [3.05, 3.63) is 18.2 Å². The van der Waals surface area contributed by atoms with Gasteiger partial charge in [0.1, 0.15) is 5.75 Å². The Labute approximate surface area is 82.2 Å². The smallest absolute Gasteiger partial charge is 0.238 e. The first-order valence-corrected chi connectivity index (χ1v) is 5.28. The van der Waals surface area contributed by atoms with Crippen LogP contribution in [-0.2, 0) is 10.0 Å². The normalized spacial score (nSPS) is 11.2. The zero-order chi connectivity index (χ0) is 10.1. The quantitative estimate of drug-likeness (QED) is 0.801. The Kier molecular flexibility index (Phi) is 2.74. The van der Waals surface area contributed by atoms with Gasteiger partial charge in [-0.15, -0.1) is 0 Å². The Balaban J connectivity index is 3.26. The van der Waals surface area contributed by atoms with Gasteiger partial charge in [-0.05, 0) is 18.2 Å². The van der Waals surface area contributed by atoms with Gasteiger partial charge in [0.25, 0.3) is 0 Å². The summed E-state index contributed by atoms with van der Waals surface area (Å²) < 4.78 is 26.6. The van der Waals surface area contributed by atoms with Crippen LogP contribution in [0, 0.1) is 0 Å². The largest absolute Gasteiger partial charge is 0.495 e. The molecule has 0 heterocycles. The van der Waals surface area contributed by atoms with Crippen LogP contribution in [0.3, 0.4) is 0 Å². The van der Waals surface area contributed by atoms with E-state index in [1.54, 1.807) is 0 Å². The molecule has 4 nitrogen and oxygen atoms in total. The number of hydrogen-bond acceptors (Lipinski definition) is 3. The lowest BCUT2D eigenvalue weighted by Crippen LogP contribution is -2.12. The molecule has 1 aromatic carbocycles. The van der Waals surface area contributed by atoms with Gasteiger partial charge in [-0.1, -0.05) is 12.6 Å². The number of sulfonamides is 1. The summed E-state index contributed by atoms with van der Waals surface area (Å²) in [6.07, 6.45) is 0. The van der Waals surface area contributed by atoms with E-state index in [1.165, 1.54) is 25.3 Å². The van der Waals surface area contributed by atoms with Crippen LogP contribution in [0.1, 0.15) is 0 Å². The van der Waals surface area contributed by atoms with Gasteiger partial charge >= 0.3 is 0 Å². The fraction of sp³-hybridized carbons (Fsp3) is 0.143. The number of benzene rings is 1. The van der Waals surface area contributed by atoms with Crippen molar-refractivity contribution in [1.82, 2.24) is 0 Å². The Morgan fingerprint density at radius 2 is 2.08 bits per heavy atom. The average Bonchev–Trinajstić information content (AvgIpc) is 2.02. The molecule has 0 spiro atoms. The zero-order valence-electron chi connectivity index (χ0n) is 6.85. The Morgan fingerprint density at radius 3 is 2.46 bits per heavy atom. The predicted octanol–water partition coefficient (Wildman–Crippen LogP) is 0.899. The molecule has 0 aromatic heterocycles. The number of ether oxygens (including phenoxy) is 1. The van der Waals surface area contributed by atoms with Crippen LogP contribution < -0.4 is 9.88 Å². The monoisotopic (exact) mass is 218 g/mol. The maximum atomic E-state index is 10.9. The van der Waals surface area contributed by atoms with E-state index in [0.29, 0.717) is 10.6 Å². The van der Waals surface area contributed by atoms with E-state index in [2.05, 4.69) is 0 Å². The molecule has 0 atom stereocenters. The third kappa shape index (κ3) is 2.30. The molecule has 6 heteroatoms. The molecule has 0 saturated carbocycles. The van der Waals surface area contributed by atoms with Crippen LogP contribution in [0.25, 0.3) is 0 Å². The maximum absolute atomic E-state index is 10.9. The Hall–Kier alpha value is -0.850. The van der Waals surface area contributed by atoms with Crippen molar-refractivity contribution >= 4 is 22.7 Å². The third-order valence-electron chi connectivity index (χ3n) is 1.46. The molecule has 0 fully saturated rings. The number of primary sulfonamides is 1. The molecule has 0 aliphatic carbocycles. The highest BCUT2D eigenvalue weighted by atomic mass is 32.2. The minimum Gasteiger partial charge on any atom is -0.495 e. The van der Waals surface area contributed by atoms with Crippen molar-refractivity contribution in [3.8, 4) is 5.75 Å². The molecule has 1 radical (unpaired) electrons. The number of rotatable bonds is 2. The summed E-state index contributed by atoms with van der Waals surface area (Å²) in [5.74, 6) is 0.461. The van der Waals surface area contributed by atoms with Crippen molar-refractivity contribution < 1.29 is 13.2 Å². The first kappa shape index (κ1) is 10.2. The van der Waals surface area contributed by atoms with E-state index < -0.39 is 10.0 Å². The van der Waals surface area contributed by atoms with Crippen LogP contribution in [-0.4, -0.2) is 15.5 Å². The van der Waals surface area contributed by atoms with Crippen molar-refractivity contribution in [2.24, 2.45) is 5.14 Å². The summed E-state index contributed by atoms with van der Waals surface area (Å²) in [6.45, 7) is 0. The predicted molar refractivity (Wildman–Crippen MR) is 50.2 cm³/mol. The lowest BCUT2D eigenvalue weighted by atomic mass is 10.3. The summed E-state index contributed by atoms with van der Waals surface area (Å²) in [5.41, 5.74) is 0. The molecular formula is C7H8NO3S2. The summed E-state index contributed by atoms with van der Waals surface area (Å²) in [5, 5.41) is 4.90. The van der Waals surface area contributed by atoms with Gasteiger partial charge in [-0.2, -0.15) is 0 Å². The van der Waals surface area contributed by atoms with Gasteiger partial charge in [-0.25, -0.2) is 13.6 Å². The lowest BCUT2D eigenvalue weighted by Gasteiger charge is -2.03. The standard InChI is InChI=1S/C7H8NO3S2/c1-11-6-3-2-5(4-7(6)12)13(8,9)10/h2-4H,1H3,(H2,8,9,10). The molecule has 2 N–H and O–H groups in total. The van der Waals surface area contributed by atoms with E-state index in [9.17, 15) is 8.42 Å². The fourth-order valence-corrected chi connectivity index (χ4v) is 1.73. The molecule has 1 aromatic rings. The van der Waals surface area contributed by atoms with Gasteiger partial charge in [0, 0.05) is 0 Å². The zero-order valence-corrected chi connectivity index (χ0v) is 8.48. The summed E-state index contributed by atoms with van der Waals surface area (Å²) in [4.78, 5) is 0.326. The summed E-state index contributed by atoms with van der Waals surface area (Å²) in [6, 6.07) is 4.12. The van der Waals surface area contributed by atoms with E-state index in [4.69, 9.17) is 22.5 Å². The van der Waals surface area contributed by atoms with Crippen LogP contribution in [0.15, 0.2) is 28.0 Å². The van der Waals surface area contributed by atoms with E-state index >= 15 is 0 Å². The molecule has 13 heavy (non-hydrogen) atoms. The Morgan fingerprint density at radius 1 is 1.46 bits per heavy atom. The second-order valence-corrected chi connectivity index (χ2v) is 4.36. The van der Waals surface area contributed by atoms with Crippen molar-refractivity contribution in [1.29, 1.82) is 0 Å². The first-order valence-electron chi connectivity index (χ1n) is 3.33. The molecule has 0 bridgehead atoms. The van der Waals surface area contributed by atoms with Crippen LogP contribution in [0.5, 0.6) is 5.75 Å². The van der Waals surface area contributed by atoms with Gasteiger partial charge in [0.05, 0.1) is 16.9 Å². The first-order chi connectivity index (χ1) is 5.95. The fourth-order valence-electron chi connectivity index (χ4n) is 0.834. The SMILES string of the molecule is COc1ccc(S(N)(=O)=O)cc1[S]. The van der Waals surface area contributed by atoms with E-state index in [1.807, 2.05) is 0 Å². The average molecular weight is 218 g/mol. The molecule has 71 valence electrons. The number of methoxy groups -OCH3 is 1. The van der Waals surface area contributed by atoms with Gasteiger partial charge in [0.15, 0.2) is 0 Å². The molecule has 1 rings (SSSR count). The van der Waals surface area contributed by atoms with Crippen molar-refractivity contribution in [2.75, 3.05) is 7.11 Å². The maximum Gasteiger partial charge on any atom is 0.238 e. The van der Waals surface area contributed by atoms with Crippen molar-refractivity contribution in [2.45, 2.75) is 9.79 Å². The van der Waals surface area contributed by atoms with Crippen molar-refractivity contribution in [3.63, 3.8) is 0 Å². The third-order valence-corrected chi connectivity index (χ3v) is 2.69. The Bertz CT molecular complexity index is 414. The molecule has 0 aliphatic rings. The second kappa shape index (κ2) is 3.49. The molecule has 0 unspecified atom stereocenters. The second-order valence-electron chi connectivity index (χ2n) is 2.36. The highest BCUT2D eigenvalue weighted by Crippen LogP contribution is 2.24. The minimum absolute atomic E-state index is 0.00157.